The summed E-state index contributed by atoms with van der Waals surface area (Å²) in [4.78, 5) is 38.6. The molecule has 3 atom stereocenters. The number of benzene rings is 3. The second-order valence-electron chi connectivity index (χ2n) is 10.1. The molecule has 3 aromatic carbocycles. The van der Waals surface area contributed by atoms with Gasteiger partial charge in [-0.1, -0.05) is 36.4 Å². The van der Waals surface area contributed by atoms with E-state index in [4.69, 9.17) is 14.2 Å². The maximum atomic E-state index is 13.0. The van der Waals surface area contributed by atoms with Crippen LogP contribution in [0.15, 0.2) is 60.7 Å². The third-order valence-electron chi connectivity index (χ3n) is 6.96. The number of esters is 1. The quantitative estimate of drug-likeness (QED) is 0.365. The highest BCUT2D eigenvalue weighted by Gasteiger charge is 2.43. The molecule has 2 amide bonds. The molecule has 1 fully saturated rings. The molecule has 3 aromatic rings. The Morgan fingerprint density at radius 1 is 0.897 bits per heavy atom. The molecule has 0 aliphatic carbocycles. The van der Waals surface area contributed by atoms with E-state index in [1.807, 2.05) is 74.5 Å². The summed E-state index contributed by atoms with van der Waals surface area (Å²) >= 11 is 1.57. The largest absolute Gasteiger partial charge is 0.497 e. The number of ether oxygens (including phenoxy) is 3. The number of thioether (sulfide) groups is 1. The van der Waals surface area contributed by atoms with Gasteiger partial charge in [0, 0.05) is 10.5 Å². The number of carbonyl (C=O) groups is 3. The summed E-state index contributed by atoms with van der Waals surface area (Å²) in [6.45, 7) is 5.36. The third-order valence-corrected chi connectivity index (χ3v) is 8.42. The van der Waals surface area contributed by atoms with E-state index in [0.29, 0.717) is 5.75 Å². The van der Waals surface area contributed by atoms with Crippen molar-refractivity contribution in [2.75, 3.05) is 20.8 Å². The van der Waals surface area contributed by atoms with E-state index < -0.39 is 28.7 Å². The Kier molecular flexibility index (Phi) is 8.70. The fraction of sp³-hybridized carbons (Fsp3) is 0.367. The van der Waals surface area contributed by atoms with E-state index in [9.17, 15) is 14.4 Å². The lowest BCUT2D eigenvalue weighted by molar-refractivity contribution is -0.149. The molecule has 8 nitrogen and oxygen atoms in total. The van der Waals surface area contributed by atoms with Crippen LogP contribution in [-0.4, -0.2) is 55.4 Å². The van der Waals surface area contributed by atoms with Gasteiger partial charge in [0.15, 0.2) is 0 Å². The second-order valence-corrected chi connectivity index (χ2v) is 11.7. The lowest BCUT2D eigenvalue weighted by Gasteiger charge is -2.38. The zero-order valence-corrected chi connectivity index (χ0v) is 23.6. The standard InChI is InChI=1S/C30H34N2O6S/c1-18(20-8-9-22-15-24(37-5)13-10-21(22)14-20)29(35)38-16-25-27(33)32-26(28(34)31-25)30(2,3)39-17-19-6-11-23(36-4)12-7-19/h6-15,18,25-26H,16-17H2,1-5H3,(H,31,34)(H,32,33)/t18-,25-,26-/m0/s1. The van der Waals surface area contributed by atoms with Crippen LogP contribution in [0.1, 0.15) is 37.8 Å². The zero-order chi connectivity index (χ0) is 28.2. The molecule has 2 N–H and O–H groups in total. The van der Waals surface area contributed by atoms with E-state index >= 15 is 0 Å². The van der Waals surface area contributed by atoms with Crippen LogP contribution >= 0.6 is 11.8 Å². The van der Waals surface area contributed by atoms with Crippen LogP contribution in [0.3, 0.4) is 0 Å². The first-order valence-electron chi connectivity index (χ1n) is 12.7. The van der Waals surface area contributed by atoms with E-state index in [1.165, 1.54) is 0 Å². The minimum atomic E-state index is -0.948. The Labute approximate surface area is 232 Å². The van der Waals surface area contributed by atoms with Crippen molar-refractivity contribution in [3.05, 3.63) is 71.8 Å². The van der Waals surface area contributed by atoms with Gasteiger partial charge in [-0.15, -0.1) is 11.8 Å². The van der Waals surface area contributed by atoms with Gasteiger partial charge in [-0.05, 0) is 66.9 Å². The molecule has 1 heterocycles. The van der Waals surface area contributed by atoms with Crippen LogP contribution in [0.4, 0.5) is 0 Å². The first kappa shape index (κ1) is 28.3. The first-order chi connectivity index (χ1) is 18.6. The predicted octanol–water partition coefficient (Wildman–Crippen LogP) is 4.20. The summed E-state index contributed by atoms with van der Waals surface area (Å²) in [6.07, 6.45) is 0. The normalized spacial score (nSPS) is 18.2. The van der Waals surface area contributed by atoms with Gasteiger partial charge >= 0.3 is 5.97 Å². The Morgan fingerprint density at radius 3 is 2.23 bits per heavy atom. The van der Waals surface area contributed by atoms with Gasteiger partial charge in [0.25, 0.3) is 0 Å². The van der Waals surface area contributed by atoms with E-state index in [2.05, 4.69) is 10.6 Å². The summed E-state index contributed by atoms with van der Waals surface area (Å²) in [5.41, 5.74) is 1.88. The van der Waals surface area contributed by atoms with Crippen molar-refractivity contribution in [2.24, 2.45) is 0 Å². The number of hydrogen-bond donors (Lipinski definition) is 2. The molecule has 0 bridgehead atoms. The fourth-order valence-corrected chi connectivity index (χ4v) is 5.44. The van der Waals surface area contributed by atoms with Crippen LogP contribution in [0.25, 0.3) is 10.8 Å². The Morgan fingerprint density at radius 2 is 1.54 bits per heavy atom. The number of rotatable bonds is 10. The van der Waals surface area contributed by atoms with Crippen molar-refractivity contribution in [3.8, 4) is 11.5 Å². The molecule has 0 radical (unpaired) electrons. The van der Waals surface area contributed by atoms with Crippen LogP contribution in [0.5, 0.6) is 11.5 Å². The molecular weight excluding hydrogens is 516 g/mol. The molecule has 0 spiro atoms. The van der Waals surface area contributed by atoms with E-state index in [1.54, 1.807) is 32.9 Å². The highest BCUT2D eigenvalue weighted by molar-refractivity contribution is 7.99. The van der Waals surface area contributed by atoms with Gasteiger partial charge < -0.3 is 24.8 Å². The SMILES string of the molecule is COc1ccc(CSC(C)(C)[C@H]2NC(=O)[C@H](COC(=O)[C@@H](C)c3ccc4cc(OC)ccc4c3)NC2=O)cc1. The predicted molar refractivity (Wildman–Crippen MR) is 152 cm³/mol. The number of methoxy groups -OCH3 is 2. The molecule has 1 aliphatic rings. The van der Waals surface area contributed by atoms with Crippen molar-refractivity contribution in [1.82, 2.24) is 10.6 Å². The molecule has 0 aromatic heterocycles. The Bertz CT molecular complexity index is 1360. The Hall–Kier alpha value is -3.72. The van der Waals surface area contributed by atoms with Crippen LogP contribution in [0.2, 0.25) is 0 Å². The maximum Gasteiger partial charge on any atom is 0.313 e. The molecule has 206 valence electrons. The number of fused-ring (bicyclic) bond motifs is 1. The lowest BCUT2D eigenvalue weighted by atomic mass is 9.97. The average Bonchev–Trinajstić information content (AvgIpc) is 2.95. The van der Waals surface area contributed by atoms with Gasteiger partial charge in [0.2, 0.25) is 11.8 Å². The van der Waals surface area contributed by atoms with Crippen molar-refractivity contribution >= 4 is 40.3 Å². The molecule has 0 unspecified atom stereocenters. The van der Waals surface area contributed by atoms with Crippen LogP contribution in [0, 0.1) is 0 Å². The summed E-state index contributed by atoms with van der Waals surface area (Å²) in [5.74, 6) is 0.511. The number of nitrogens with one attached hydrogen (secondary N) is 2. The molecule has 1 aliphatic heterocycles. The van der Waals surface area contributed by atoms with Crippen molar-refractivity contribution in [2.45, 2.75) is 49.3 Å². The molecule has 1 saturated heterocycles. The average molecular weight is 551 g/mol. The van der Waals surface area contributed by atoms with Crippen molar-refractivity contribution in [1.29, 1.82) is 0 Å². The zero-order valence-electron chi connectivity index (χ0n) is 22.8. The highest BCUT2D eigenvalue weighted by atomic mass is 32.2. The number of amides is 2. The van der Waals surface area contributed by atoms with Gasteiger partial charge in [-0.25, -0.2) is 0 Å². The van der Waals surface area contributed by atoms with Gasteiger partial charge in [0.05, 0.1) is 20.1 Å². The van der Waals surface area contributed by atoms with Crippen molar-refractivity contribution in [3.63, 3.8) is 0 Å². The van der Waals surface area contributed by atoms with E-state index in [-0.39, 0.29) is 18.4 Å². The second kappa shape index (κ2) is 12.0. The summed E-state index contributed by atoms with van der Waals surface area (Å²) in [7, 11) is 3.24. The van der Waals surface area contributed by atoms with E-state index in [0.717, 1.165) is 33.4 Å². The maximum absolute atomic E-state index is 13.0. The number of piperazine rings is 1. The monoisotopic (exact) mass is 550 g/mol. The first-order valence-corrected chi connectivity index (χ1v) is 13.7. The highest BCUT2D eigenvalue weighted by Crippen LogP contribution is 2.33. The lowest BCUT2D eigenvalue weighted by Crippen LogP contribution is -2.67. The minimum absolute atomic E-state index is 0.238. The minimum Gasteiger partial charge on any atom is -0.497 e. The molecule has 9 heteroatoms. The number of carbonyl (C=O) groups excluding carboxylic acids is 3. The fourth-order valence-electron chi connectivity index (χ4n) is 4.38. The molecule has 39 heavy (non-hydrogen) atoms. The Balaban J connectivity index is 1.31. The van der Waals surface area contributed by atoms with Crippen molar-refractivity contribution < 1.29 is 28.6 Å². The number of hydrogen-bond acceptors (Lipinski definition) is 7. The molecular formula is C30H34N2O6S. The summed E-state index contributed by atoms with van der Waals surface area (Å²) in [5, 5.41) is 7.54. The van der Waals surface area contributed by atoms with Crippen LogP contribution < -0.4 is 20.1 Å². The summed E-state index contributed by atoms with van der Waals surface area (Å²) in [6, 6.07) is 17.5. The van der Waals surface area contributed by atoms with Crippen LogP contribution in [-0.2, 0) is 24.9 Å². The topological polar surface area (TPSA) is 103 Å². The van der Waals surface area contributed by atoms with Gasteiger partial charge in [0.1, 0.15) is 30.2 Å². The van der Waals surface area contributed by atoms with Gasteiger partial charge in [-0.3, -0.25) is 14.4 Å². The summed E-state index contributed by atoms with van der Waals surface area (Å²) < 4.78 is 15.3. The molecule has 4 rings (SSSR count). The smallest absolute Gasteiger partial charge is 0.313 e. The molecule has 0 saturated carbocycles. The van der Waals surface area contributed by atoms with Gasteiger partial charge in [-0.2, -0.15) is 0 Å². The third kappa shape index (κ3) is 6.65.